The molecule has 1 amide bonds. The predicted octanol–water partition coefficient (Wildman–Crippen LogP) is 2.27. The van der Waals surface area contributed by atoms with Crippen molar-refractivity contribution in [3.05, 3.63) is 43.3 Å². The fraction of sp³-hybridized carbons (Fsp3) is 0.643. The first-order valence-electron chi connectivity index (χ1n) is 6.86. The van der Waals surface area contributed by atoms with Crippen molar-refractivity contribution in [3.8, 4) is 0 Å². The average Bonchev–Trinajstić information content (AvgIpc) is 2.28. The quantitative estimate of drug-likeness (QED) is 0.634. The highest BCUT2D eigenvalue weighted by Gasteiger charge is 2.51. The number of rotatable bonds is 3. The Hall–Kier alpha value is -2.25. The lowest BCUT2D eigenvalue weighted by molar-refractivity contribution is -0.448. The van der Waals surface area contributed by atoms with Crippen LogP contribution in [0.3, 0.4) is 0 Å². The van der Waals surface area contributed by atoms with Crippen LogP contribution in [-0.2, 0) is 4.79 Å². The maximum Gasteiger partial charge on any atom is 0.278 e. The average molecular weight is 311 g/mol. The van der Waals surface area contributed by atoms with E-state index in [1.165, 1.54) is 13.0 Å². The monoisotopic (exact) mass is 311 g/mol. The molecule has 8 nitrogen and oxygen atoms in total. The minimum atomic E-state index is -1.19. The Morgan fingerprint density at radius 2 is 1.77 bits per heavy atom. The largest absolute Gasteiger partial charge is 0.347 e. The van der Waals surface area contributed by atoms with Crippen molar-refractivity contribution in [2.75, 3.05) is 0 Å². The summed E-state index contributed by atoms with van der Waals surface area (Å²) in [5.41, 5.74) is -2.41. The molecule has 0 aromatic heterocycles. The lowest BCUT2D eigenvalue weighted by Gasteiger charge is -2.37. The topological polar surface area (TPSA) is 115 Å². The zero-order valence-corrected chi connectivity index (χ0v) is 13.6. The first-order valence-corrected chi connectivity index (χ1v) is 6.86. The third-order valence-corrected chi connectivity index (χ3v) is 3.85. The molecule has 0 aliphatic heterocycles. The Bertz CT molecular complexity index is 600. The molecule has 8 heteroatoms. The summed E-state index contributed by atoms with van der Waals surface area (Å²) >= 11 is 0. The van der Waals surface area contributed by atoms with Gasteiger partial charge in [-0.25, -0.2) is 0 Å². The summed E-state index contributed by atoms with van der Waals surface area (Å²) in [7, 11) is 0. The van der Waals surface area contributed by atoms with E-state index in [2.05, 4.69) is 5.32 Å². The van der Waals surface area contributed by atoms with Crippen LogP contribution in [0, 0.1) is 31.6 Å². The molecule has 1 rings (SSSR count). The molecule has 0 spiro atoms. The Labute approximate surface area is 128 Å². The third kappa shape index (κ3) is 3.15. The Morgan fingerprint density at radius 3 is 2.09 bits per heavy atom. The fourth-order valence-corrected chi connectivity index (χ4v) is 2.80. The number of hydrogen-bond donors (Lipinski definition) is 1. The molecule has 0 fully saturated rings. The molecule has 1 aliphatic rings. The van der Waals surface area contributed by atoms with E-state index in [0.717, 1.165) is 0 Å². The van der Waals surface area contributed by atoms with Crippen molar-refractivity contribution in [1.29, 1.82) is 0 Å². The summed E-state index contributed by atoms with van der Waals surface area (Å²) in [6.07, 6.45) is 1.31. The van der Waals surface area contributed by atoms with Crippen LogP contribution in [0.2, 0.25) is 0 Å². The van der Waals surface area contributed by atoms with E-state index in [-0.39, 0.29) is 17.0 Å². The minimum Gasteiger partial charge on any atom is -0.347 e. The van der Waals surface area contributed by atoms with E-state index < -0.39 is 32.6 Å². The van der Waals surface area contributed by atoms with Crippen LogP contribution in [-0.4, -0.2) is 21.3 Å². The summed E-state index contributed by atoms with van der Waals surface area (Å²) in [6, 6.07) is 0. The van der Waals surface area contributed by atoms with Gasteiger partial charge in [-0.2, -0.15) is 0 Å². The Morgan fingerprint density at radius 1 is 1.27 bits per heavy atom. The van der Waals surface area contributed by atoms with Gasteiger partial charge >= 0.3 is 0 Å². The molecular weight excluding hydrogens is 290 g/mol. The van der Waals surface area contributed by atoms with Gasteiger partial charge in [0.2, 0.25) is 5.91 Å². The zero-order chi connectivity index (χ0) is 17.5. The molecule has 0 aromatic rings. The summed E-state index contributed by atoms with van der Waals surface area (Å²) in [6.45, 7) is 9.48. The van der Waals surface area contributed by atoms with Crippen molar-refractivity contribution in [1.82, 2.24) is 5.32 Å². The molecule has 0 saturated heterocycles. The first-order chi connectivity index (χ1) is 9.81. The van der Waals surface area contributed by atoms with Gasteiger partial charge in [0.1, 0.15) is 5.57 Å². The summed E-state index contributed by atoms with van der Waals surface area (Å²) in [4.78, 5) is 33.2. The van der Waals surface area contributed by atoms with Gasteiger partial charge in [0.15, 0.2) is 0 Å². The van der Waals surface area contributed by atoms with Crippen LogP contribution in [0.5, 0.6) is 0 Å². The van der Waals surface area contributed by atoms with Crippen LogP contribution < -0.4 is 5.32 Å². The van der Waals surface area contributed by atoms with E-state index in [0.29, 0.717) is 0 Å². The maximum atomic E-state index is 11.5. The molecule has 0 heterocycles. The first kappa shape index (κ1) is 17.8. The Balaban J connectivity index is 3.72. The highest BCUT2D eigenvalue weighted by atomic mass is 16.6. The number of carbonyl (C=O) groups is 1. The van der Waals surface area contributed by atoms with Crippen molar-refractivity contribution in [2.24, 2.45) is 11.3 Å². The molecule has 0 saturated carbocycles. The van der Waals surface area contributed by atoms with Crippen molar-refractivity contribution < 1.29 is 14.6 Å². The van der Waals surface area contributed by atoms with E-state index in [4.69, 9.17) is 0 Å². The zero-order valence-electron chi connectivity index (χ0n) is 13.6. The second kappa shape index (κ2) is 5.51. The summed E-state index contributed by atoms with van der Waals surface area (Å²) in [5, 5.41) is 25.6. The second-order valence-electron chi connectivity index (χ2n) is 6.74. The fourth-order valence-electron chi connectivity index (χ4n) is 2.80. The lowest BCUT2D eigenvalue weighted by Crippen LogP contribution is -2.52. The van der Waals surface area contributed by atoms with Crippen LogP contribution in [0.4, 0.5) is 0 Å². The lowest BCUT2D eigenvalue weighted by atomic mass is 9.71. The van der Waals surface area contributed by atoms with Gasteiger partial charge in [-0.3, -0.25) is 25.0 Å². The van der Waals surface area contributed by atoms with Gasteiger partial charge < -0.3 is 5.32 Å². The van der Waals surface area contributed by atoms with E-state index >= 15 is 0 Å². The molecule has 122 valence electrons. The molecule has 0 bridgehead atoms. The Kier molecular flexibility index (Phi) is 4.46. The smallest absolute Gasteiger partial charge is 0.278 e. The number of nitrogens with one attached hydrogen (secondary N) is 1. The normalized spacial score (nSPS) is 25.5. The summed E-state index contributed by atoms with van der Waals surface area (Å²) < 4.78 is 0. The number of nitrogens with zero attached hydrogens (tertiary/aromatic N) is 2. The third-order valence-electron chi connectivity index (χ3n) is 3.85. The molecular formula is C14H21N3O5. The van der Waals surface area contributed by atoms with Crippen LogP contribution in [0.1, 0.15) is 41.5 Å². The number of carbonyl (C=O) groups excluding carboxylic acids is 1. The van der Waals surface area contributed by atoms with Crippen LogP contribution >= 0.6 is 0 Å². The van der Waals surface area contributed by atoms with Crippen LogP contribution in [0.25, 0.3) is 0 Å². The molecule has 1 N–H and O–H groups in total. The van der Waals surface area contributed by atoms with Crippen molar-refractivity contribution in [2.45, 2.75) is 47.1 Å². The molecule has 1 aliphatic carbocycles. The van der Waals surface area contributed by atoms with Gasteiger partial charge in [-0.05, 0) is 13.8 Å². The molecule has 2 unspecified atom stereocenters. The SMILES string of the molecule is CC(=O)NC1(C)C=C([N+](=O)[O-])C(C(C)(C)C)=C([N+](=O)[O-])C1C. The van der Waals surface area contributed by atoms with Gasteiger partial charge in [0, 0.05) is 18.4 Å². The van der Waals surface area contributed by atoms with Crippen LogP contribution in [0.15, 0.2) is 23.0 Å². The standard InChI is InChI=1S/C14H21N3O5/c1-8-12(17(21)22)11(13(3,4)5)10(16(19)20)7-14(8,6)15-9(2)18/h7-8H,1-6H3,(H,15,18). The van der Waals surface area contributed by atoms with E-state index in [1.54, 1.807) is 34.6 Å². The van der Waals surface area contributed by atoms with Gasteiger partial charge in [-0.1, -0.05) is 20.8 Å². The second-order valence-corrected chi connectivity index (χ2v) is 6.74. The highest BCUT2D eigenvalue weighted by molar-refractivity contribution is 5.74. The van der Waals surface area contributed by atoms with Gasteiger partial charge in [-0.15, -0.1) is 0 Å². The number of hydrogen-bond acceptors (Lipinski definition) is 5. The predicted molar refractivity (Wildman–Crippen MR) is 79.9 cm³/mol. The molecule has 2 atom stereocenters. The van der Waals surface area contributed by atoms with Gasteiger partial charge in [0.25, 0.3) is 11.4 Å². The minimum absolute atomic E-state index is 0.0952. The van der Waals surface area contributed by atoms with Crippen molar-refractivity contribution in [3.63, 3.8) is 0 Å². The molecule has 0 radical (unpaired) electrons. The van der Waals surface area contributed by atoms with E-state index in [1.807, 2.05) is 0 Å². The number of amides is 1. The number of nitro groups is 2. The molecule has 22 heavy (non-hydrogen) atoms. The number of allylic oxidation sites excluding steroid dienone is 1. The van der Waals surface area contributed by atoms with E-state index in [9.17, 15) is 25.0 Å². The summed E-state index contributed by atoms with van der Waals surface area (Å²) in [5.74, 6) is -1.11. The molecule has 0 aromatic carbocycles. The van der Waals surface area contributed by atoms with Crippen molar-refractivity contribution >= 4 is 5.91 Å². The highest BCUT2D eigenvalue weighted by Crippen LogP contribution is 2.44. The maximum absolute atomic E-state index is 11.5. The van der Waals surface area contributed by atoms with Gasteiger partial charge in [0.05, 0.1) is 21.3 Å².